The molecule has 2 heterocycles. The molecule has 0 spiro atoms. The van der Waals surface area contributed by atoms with E-state index in [4.69, 9.17) is 5.11 Å². The maximum Gasteiger partial charge on any atom is 0.417 e. The Kier molecular flexibility index (Phi) is 4.22. The van der Waals surface area contributed by atoms with Crippen LogP contribution in [-0.4, -0.2) is 20.5 Å². The van der Waals surface area contributed by atoms with Gasteiger partial charge in [-0.15, -0.1) is 10.2 Å². The van der Waals surface area contributed by atoms with Crippen LogP contribution < -0.4 is 0 Å². The molecule has 0 aliphatic carbocycles. The zero-order chi connectivity index (χ0) is 18.0. The van der Waals surface area contributed by atoms with E-state index in [-0.39, 0.29) is 17.2 Å². The lowest BCUT2D eigenvalue weighted by Crippen LogP contribution is -2.06. The molecule has 1 aromatic carbocycles. The van der Waals surface area contributed by atoms with Crippen molar-refractivity contribution in [2.75, 3.05) is 0 Å². The van der Waals surface area contributed by atoms with Crippen molar-refractivity contribution in [1.29, 1.82) is 0 Å². The van der Waals surface area contributed by atoms with Crippen LogP contribution in [0.3, 0.4) is 0 Å². The van der Waals surface area contributed by atoms with Crippen LogP contribution in [0.4, 0.5) is 24.7 Å². The monoisotopic (exact) mass is 348 g/mol. The van der Waals surface area contributed by atoms with Crippen LogP contribution >= 0.6 is 0 Å². The fourth-order valence-corrected chi connectivity index (χ4v) is 2.22. The van der Waals surface area contributed by atoms with Gasteiger partial charge in [-0.05, 0) is 24.3 Å². The van der Waals surface area contributed by atoms with E-state index in [2.05, 4.69) is 15.2 Å². The molecule has 0 atom stereocenters. The predicted octanol–water partition coefficient (Wildman–Crippen LogP) is 4.40. The summed E-state index contributed by atoms with van der Waals surface area (Å²) in [4.78, 5) is 15.0. The number of benzene rings is 1. The zero-order valence-corrected chi connectivity index (χ0v) is 12.6. The van der Waals surface area contributed by atoms with E-state index in [0.29, 0.717) is 5.69 Å². The van der Waals surface area contributed by atoms with Crippen molar-refractivity contribution in [3.63, 3.8) is 0 Å². The van der Waals surface area contributed by atoms with Gasteiger partial charge in [-0.2, -0.15) is 13.2 Å². The number of halogens is 3. The van der Waals surface area contributed by atoms with Crippen molar-refractivity contribution in [1.82, 2.24) is 9.38 Å². The van der Waals surface area contributed by atoms with Crippen molar-refractivity contribution in [2.24, 2.45) is 10.2 Å². The van der Waals surface area contributed by atoms with Gasteiger partial charge in [-0.1, -0.05) is 18.2 Å². The van der Waals surface area contributed by atoms with Gasteiger partial charge >= 0.3 is 12.1 Å². The largest absolute Gasteiger partial charge is 0.481 e. The average molecular weight is 348 g/mol. The van der Waals surface area contributed by atoms with Crippen LogP contribution in [-0.2, 0) is 17.4 Å². The molecule has 0 fully saturated rings. The number of alkyl halides is 3. The Morgan fingerprint density at radius 3 is 2.48 bits per heavy atom. The molecule has 0 saturated heterocycles. The lowest BCUT2D eigenvalue weighted by atomic mass is 10.3. The Morgan fingerprint density at radius 2 is 1.84 bits per heavy atom. The number of aromatic nitrogens is 2. The number of carboxylic acids is 1. The first-order valence-electron chi connectivity index (χ1n) is 7.11. The van der Waals surface area contributed by atoms with Gasteiger partial charge in [0.2, 0.25) is 0 Å². The number of nitrogens with zero attached hydrogens (tertiary/aromatic N) is 4. The molecule has 25 heavy (non-hydrogen) atoms. The maximum atomic E-state index is 12.9. The van der Waals surface area contributed by atoms with Gasteiger partial charge in [-0.25, -0.2) is 4.98 Å². The van der Waals surface area contributed by atoms with E-state index < -0.39 is 24.1 Å². The van der Waals surface area contributed by atoms with Crippen molar-refractivity contribution in [3.05, 3.63) is 59.9 Å². The Labute approximate surface area is 139 Å². The fraction of sp³-hybridized carbons (Fsp3) is 0.125. The number of aliphatic carboxylic acids is 1. The summed E-state index contributed by atoms with van der Waals surface area (Å²) in [5.74, 6) is -1.22. The van der Waals surface area contributed by atoms with Crippen molar-refractivity contribution < 1.29 is 23.1 Å². The summed E-state index contributed by atoms with van der Waals surface area (Å²) in [5, 5.41) is 16.9. The normalized spacial score (nSPS) is 12.1. The second kappa shape index (κ2) is 6.34. The molecular formula is C16H11F3N4O2. The number of hydrogen-bond donors (Lipinski definition) is 1. The van der Waals surface area contributed by atoms with Crippen LogP contribution in [0.1, 0.15) is 11.3 Å². The number of carbonyl (C=O) groups is 1. The number of pyridine rings is 1. The number of azo groups is 1. The highest BCUT2D eigenvalue weighted by Gasteiger charge is 2.31. The summed E-state index contributed by atoms with van der Waals surface area (Å²) in [5.41, 5.74) is -0.223. The Balaban J connectivity index is 2.14. The molecule has 9 heteroatoms. The third-order valence-electron chi connectivity index (χ3n) is 3.33. The SMILES string of the molecule is O=C(O)Cc1nc2ccc(C(F)(F)F)cn2c1N=Nc1ccccc1. The average Bonchev–Trinajstić information content (AvgIpc) is 2.88. The van der Waals surface area contributed by atoms with E-state index >= 15 is 0 Å². The third-order valence-corrected chi connectivity index (χ3v) is 3.33. The minimum atomic E-state index is -4.54. The van der Waals surface area contributed by atoms with Crippen molar-refractivity contribution in [3.8, 4) is 0 Å². The summed E-state index contributed by atoms with van der Waals surface area (Å²) < 4.78 is 39.9. The molecule has 0 unspecified atom stereocenters. The lowest BCUT2D eigenvalue weighted by Gasteiger charge is -2.07. The van der Waals surface area contributed by atoms with Crippen molar-refractivity contribution >= 4 is 23.1 Å². The summed E-state index contributed by atoms with van der Waals surface area (Å²) in [7, 11) is 0. The van der Waals surface area contributed by atoms with E-state index in [1.807, 2.05) is 0 Å². The summed E-state index contributed by atoms with van der Waals surface area (Å²) in [6.45, 7) is 0. The van der Waals surface area contributed by atoms with Crippen LogP contribution in [0, 0.1) is 0 Å². The molecule has 2 aromatic heterocycles. The Morgan fingerprint density at radius 1 is 1.12 bits per heavy atom. The second-order valence-corrected chi connectivity index (χ2v) is 5.13. The third kappa shape index (κ3) is 3.65. The highest BCUT2D eigenvalue weighted by molar-refractivity contribution is 5.72. The lowest BCUT2D eigenvalue weighted by molar-refractivity contribution is -0.138. The minimum Gasteiger partial charge on any atom is -0.481 e. The van der Waals surface area contributed by atoms with Gasteiger partial charge in [0, 0.05) is 6.20 Å². The van der Waals surface area contributed by atoms with Gasteiger partial charge in [0.05, 0.1) is 23.4 Å². The molecule has 0 amide bonds. The molecule has 1 N–H and O–H groups in total. The van der Waals surface area contributed by atoms with Gasteiger partial charge in [0.25, 0.3) is 0 Å². The Bertz CT molecular complexity index is 949. The maximum absolute atomic E-state index is 12.9. The van der Waals surface area contributed by atoms with Crippen molar-refractivity contribution in [2.45, 2.75) is 12.6 Å². The molecule has 128 valence electrons. The van der Waals surface area contributed by atoms with Gasteiger partial charge in [-0.3, -0.25) is 9.20 Å². The first-order chi connectivity index (χ1) is 11.8. The molecule has 0 bridgehead atoms. The molecule has 0 aliphatic rings. The van der Waals surface area contributed by atoms with E-state index in [1.165, 1.54) is 0 Å². The minimum absolute atomic E-state index is 0.0338. The predicted molar refractivity (Wildman–Crippen MR) is 82.2 cm³/mol. The topological polar surface area (TPSA) is 79.3 Å². The number of carboxylic acid groups (broad SMARTS) is 1. The number of rotatable bonds is 4. The first kappa shape index (κ1) is 16.6. The molecule has 3 rings (SSSR count). The molecule has 0 aliphatic heterocycles. The summed E-state index contributed by atoms with van der Waals surface area (Å²) in [6.07, 6.45) is -4.20. The highest BCUT2D eigenvalue weighted by Crippen LogP contribution is 2.32. The molecular weight excluding hydrogens is 337 g/mol. The number of fused-ring (bicyclic) bond motifs is 1. The van der Waals surface area contributed by atoms with E-state index in [1.54, 1.807) is 30.3 Å². The van der Waals surface area contributed by atoms with E-state index in [0.717, 1.165) is 22.7 Å². The number of hydrogen-bond acceptors (Lipinski definition) is 4. The summed E-state index contributed by atoms with van der Waals surface area (Å²) in [6, 6.07) is 10.6. The van der Waals surface area contributed by atoms with Crippen LogP contribution in [0.2, 0.25) is 0 Å². The number of imidazole rings is 1. The standard InChI is InChI=1S/C16H11F3N4O2/c17-16(18,19)10-6-7-13-20-12(8-14(24)25)15(23(13)9-10)22-21-11-4-2-1-3-5-11/h1-7,9H,8H2,(H,24,25). The quantitative estimate of drug-likeness (QED) is 0.710. The Hall–Kier alpha value is -3.23. The van der Waals surface area contributed by atoms with Gasteiger partial charge < -0.3 is 5.11 Å². The van der Waals surface area contributed by atoms with Gasteiger partial charge in [0.1, 0.15) is 5.65 Å². The van der Waals surface area contributed by atoms with Gasteiger partial charge in [0.15, 0.2) is 5.82 Å². The molecule has 0 radical (unpaired) electrons. The van der Waals surface area contributed by atoms with Crippen LogP contribution in [0.15, 0.2) is 58.9 Å². The molecule has 3 aromatic rings. The highest BCUT2D eigenvalue weighted by atomic mass is 19.4. The van der Waals surface area contributed by atoms with Crippen LogP contribution in [0.5, 0.6) is 0 Å². The molecule has 0 saturated carbocycles. The molecule has 6 nitrogen and oxygen atoms in total. The summed E-state index contributed by atoms with van der Waals surface area (Å²) >= 11 is 0. The second-order valence-electron chi connectivity index (χ2n) is 5.13. The first-order valence-corrected chi connectivity index (χ1v) is 7.11. The fourth-order valence-electron chi connectivity index (χ4n) is 2.22. The zero-order valence-electron chi connectivity index (χ0n) is 12.6. The van der Waals surface area contributed by atoms with E-state index in [9.17, 15) is 18.0 Å². The smallest absolute Gasteiger partial charge is 0.417 e. The van der Waals surface area contributed by atoms with Crippen LogP contribution in [0.25, 0.3) is 5.65 Å².